The predicted molar refractivity (Wildman–Crippen MR) is 95.1 cm³/mol. The summed E-state index contributed by atoms with van der Waals surface area (Å²) < 4.78 is 30.9. The molecule has 4 rings (SSSR count). The molecule has 1 N–H and O–H groups in total. The van der Waals surface area contributed by atoms with E-state index in [1.807, 2.05) is 10.9 Å². The van der Waals surface area contributed by atoms with Crippen LogP contribution in [0.3, 0.4) is 0 Å². The van der Waals surface area contributed by atoms with E-state index in [-0.39, 0.29) is 24.5 Å². The molecule has 0 amide bonds. The van der Waals surface area contributed by atoms with Gasteiger partial charge in [0.1, 0.15) is 17.3 Å². The Morgan fingerprint density at radius 3 is 2.81 bits per heavy atom. The second-order valence-corrected chi connectivity index (χ2v) is 6.18. The van der Waals surface area contributed by atoms with Gasteiger partial charge in [0.15, 0.2) is 5.82 Å². The molecule has 0 saturated carbocycles. The van der Waals surface area contributed by atoms with E-state index in [1.165, 1.54) is 6.07 Å². The SMILES string of the molecule is Cl.Fc1ccc(F)c(Cn2ccnc2-c2cn(C3CCNCC3)nn2)c1. The summed E-state index contributed by atoms with van der Waals surface area (Å²) in [6, 6.07) is 3.77. The molecule has 2 aromatic heterocycles. The van der Waals surface area contributed by atoms with E-state index in [9.17, 15) is 8.78 Å². The summed E-state index contributed by atoms with van der Waals surface area (Å²) in [6.07, 6.45) is 7.23. The van der Waals surface area contributed by atoms with Crippen molar-refractivity contribution in [3.63, 3.8) is 0 Å². The first-order chi connectivity index (χ1) is 12.2. The van der Waals surface area contributed by atoms with Gasteiger partial charge in [0.2, 0.25) is 0 Å². The number of nitrogens with zero attached hydrogens (tertiary/aromatic N) is 5. The van der Waals surface area contributed by atoms with Crippen LogP contribution in [0.25, 0.3) is 11.5 Å². The smallest absolute Gasteiger partial charge is 0.162 e. The van der Waals surface area contributed by atoms with Gasteiger partial charge < -0.3 is 9.88 Å². The van der Waals surface area contributed by atoms with Crippen LogP contribution in [0.2, 0.25) is 0 Å². The Labute approximate surface area is 155 Å². The van der Waals surface area contributed by atoms with Crippen LogP contribution in [-0.2, 0) is 6.54 Å². The fraction of sp³-hybridized carbons (Fsp3) is 0.353. The second-order valence-electron chi connectivity index (χ2n) is 6.18. The number of aromatic nitrogens is 5. The van der Waals surface area contributed by atoms with Crippen molar-refractivity contribution in [2.75, 3.05) is 13.1 Å². The van der Waals surface area contributed by atoms with E-state index in [1.54, 1.807) is 17.0 Å². The molecule has 6 nitrogen and oxygen atoms in total. The van der Waals surface area contributed by atoms with Gasteiger partial charge in [-0.2, -0.15) is 0 Å². The van der Waals surface area contributed by atoms with Crippen molar-refractivity contribution in [1.29, 1.82) is 0 Å². The highest BCUT2D eigenvalue weighted by Crippen LogP contribution is 2.22. The van der Waals surface area contributed by atoms with Gasteiger partial charge in [0, 0.05) is 18.0 Å². The van der Waals surface area contributed by atoms with E-state index < -0.39 is 11.6 Å². The molecule has 0 spiro atoms. The minimum atomic E-state index is -0.463. The van der Waals surface area contributed by atoms with Gasteiger partial charge in [0.25, 0.3) is 0 Å². The van der Waals surface area contributed by atoms with E-state index in [0.29, 0.717) is 17.6 Å². The summed E-state index contributed by atoms with van der Waals surface area (Å²) in [4.78, 5) is 4.31. The average molecular weight is 381 g/mol. The zero-order chi connectivity index (χ0) is 17.2. The quantitative estimate of drug-likeness (QED) is 0.756. The summed E-state index contributed by atoms with van der Waals surface area (Å²) >= 11 is 0. The van der Waals surface area contributed by atoms with E-state index in [2.05, 4.69) is 20.6 Å². The van der Waals surface area contributed by atoms with Gasteiger partial charge in [0.05, 0.1) is 18.8 Å². The van der Waals surface area contributed by atoms with Gasteiger partial charge in [-0.25, -0.2) is 18.4 Å². The number of nitrogens with one attached hydrogen (secondary N) is 1. The third kappa shape index (κ3) is 3.76. The molecule has 3 heterocycles. The van der Waals surface area contributed by atoms with Crippen molar-refractivity contribution in [3.8, 4) is 11.5 Å². The molecule has 1 aliphatic rings. The highest BCUT2D eigenvalue weighted by Gasteiger charge is 2.18. The normalized spacial score (nSPS) is 15.0. The molecule has 9 heteroatoms. The Morgan fingerprint density at radius 1 is 1.19 bits per heavy atom. The lowest BCUT2D eigenvalue weighted by Crippen LogP contribution is -2.29. The first-order valence-corrected chi connectivity index (χ1v) is 8.29. The van der Waals surface area contributed by atoms with Crippen LogP contribution >= 0.6 is 12.4 Å². The average Bonchev–Trinajstić information content (AvgIpc) is 3.28. The molecule has 0 aliphatic carbocycles. The first kappa shape index (κ1) is 18.5. The minimum Gasteiger partial charge on any atom is -0.325 e. The summed E-state index contributed by atoms with van der Waals surface area (Å²) in [5, 5.41) is 11.8. The maximum Gasteiger partial charge on any atom is 0.162 e. The maximum atomic E-state index is 13.9. The Morgan fingerprint density at radius 2 is 2.00 bits per heavy atom. The van der Waals surface area contributed by atoms with Crippen LogP contribution in [0.5, 0.6) is 0 Å². The Balaban J connectivity index is 0.00000196. The third-order valence-corrected chi connectivity index (χ3v) is 4.49. The predicted octanol–water partition coefficient (Wildman–Crippen LogP) is 2.81. The van der Waals surface area contributed by atoms with Crippen molar-refractivity contribution >= 4 is 12.4 Å². The third-order valence-electron chi connectivity index (χ3n) is 4.49. The van der Waals surface area contributed by atoms with Crippen LogP contribution < -0.4 is 5.32 Å². The number of benzene rings is 1. The topological polar surface area (TPSA) is 60.6 Å². The van der Waals surface area contributed by atoms with E-state index in [4.69, 9.17) is 0 Å². The van der Waals surface area contributed by atoms with Crippen LogP contribution in [0, 0.1) is 11.6 Å². The van der Waals surface area contributed by atoms with Gasteiger partial charge in [-0.15, -0.1) is 17.5 Å². The molecule has 1 aromatic carbocycles. The molecule has 138 valence electrons. The van der Waals surface area contributed by atoms with Crippen molar-refractivity contribution < 1.29 is 8.78 Å². The van der Waals surface area contributed by atoms with Crippen molar-refractivity contribution in [3.05, 3.63) is 54.0 Å². The molecular weight excluding hydrogens is 362 g/mol. The van der Waals surface area contributed by atoms with Crippen LogP contribution in [-0.4, -0.2) is 37.6 Å². The number of hydrogen-bond donors (Lipinski definition) is 1. The minimum absolute atomic E-state index is 0. The fourth-order valence-electron chi connectivity index (χ4n) is 3.15. The Bertz CT molecular complexity index is 872. The number of imidazole rings is 1. The Hall–Kier alpha value is -2.32. The zero-order valence-electron chi connectivity index (χ0n) is 14.0. The Kier molecular flexibility index (Phi) is 5.63. The fourth-order valence-corrected chi connectivity index (χ4v) is 3.15. The zero-order valence-corrected chi connectivity index (χ0v) is 14.8. The monoisotopic (exact) mass is 380 g/mol. The van der Waals surface area contributed by atoms with Crippen LogP contribution in [0.4, 0.5) is 8.78 Å². The van der Waals surface area contributed by atoms with E-state index in [0.717, 1.165) is 38.1 Å². The number of hydrogen-bond acceptors (Lipinski definition) is 4. The lowest BCUT2D eigenvalue weighted by Gasteiger charge is -2.22. The summed E-state index contributed by atoms with van der Waals surface area (Å²) in [7, 11) is 0. The number of rotatable bonds is 4. The number of halogens is 3. The van der Waals surface area contributed by atoms with Gasteiger partial charge in [-0.3, -0.25) is 0 Å². The molecule has 1 saturated heterocycles. The molecule has 1 fully saturated rings. The maximum absolute atomic E-state index is 13.9. The standard InChI is InChI=1S/C17H18F2N6.ClH/c18-13-1-2-15(19)12(9-13)10-24-8-7-21-17(24)16-11-25(23-22-16)14-3-5-20-6-4-14;/h1-2,7-9,11,14,20H,3-6,10H2;1H. The summed E-state index contributed by atoms with van der Waals surface area (Å²) in [6.45, 7) is 2.11. The van der Waals surface area contributed by atoms with Crippen LogP contribution in [0.15, 0.2) is 36.8 Å². The van der Waals surface area contributed by atoms with Crippen molar-refractivity contribution in [1.82, 2.24) is 29.9 Å². The lowest BCUT2D eigenvalue weighted by atomic mass is 10.1. The first-order valence-electron chi connectivity index (χ1n) is 8.29. The molecule has 3 aromatic rings. The molecule has 26 heavy (non-hydrogen) atoms. The van der Waals surface area contributed by atoms with Crippen molar-refractivity contribution in [2.45, 2.75) is 25.4 Å². The molecule has 1 aliphatic heterocycles. The summed E-state index contributed by atoms with van der Waals surface area (Å²) in [5.74, 6) is -0.321. The summed E-state index contributed by atoms with van der Waals surface area (Å²) in [5.41, 5.74) is 0.894. The molecule has 0 atom stereocenters. The molecule has 0 unspecified atom stereocenters. The van der Waals surface area contributed by atoms with Gasteiger partial charge in [-0.05, 0) is 44.1 Å². The van der Waals surface area contributed by atoms with Crippen molar-refractivity contribution in [2.24, 2.45) is 0 Å². The molecule has 0 radical (unpaired) electrons. The van der Waals surface area contributed by atoms with Gasteiger partial charge >= 0.3 is 0 Å². The molecule has 0 bridgehead atoms. The highest BCUT2D eigenvalue weighted by molar-refractivity contribution is 5.85. The largest absolute Gasteiger partial charge is 0.325 e. The van der Waals surface area contributed by atoms with Crippen LogP contribution in [0.1, 0.15) is 24.4 Å². The number of piperidine rings is 1. The molecular formula is C17H19ClF2N6. The van der Waals surface area contributed by atoms with E-state index >= 15 is 0 Å². The van der Waals surface area contributed by atoms with Gasteiger partial charge in [-0.1, -0.05) is 5.21 Å². The highest BCUT2D eigenvalue weighted by atomic mass is 35.5. The lowest BCUT2D eigenvalue weighted by molar-refractivity contribution is 0.337. The second kappa shape index (κ2) is 7.92.